The number of benzene rings is 1. The maximum atomic E-state index is 12.7. The third-order valence-corrected chi connectivity index (χ3v) is 6.26. The Morgan fingerprint density at radius 2 is 1.86 bits per heavy atom. The minimum absolute atomic E-state index is 0.184. The average Bonchev–Trinajstić information content (AvgIpc) is 3.48. The standard InChI is InChI=1S/C20H23N7OS/c28-20(13-15-1-5-17(6-2-15)29-24-16-3-4-16)26-11-9-25(10-12-26)19-8-7-18-22-21-14-27(18)23-19/h1-2,5-8,14,16,24H,3-4,9-13H2. The zero-order valence-electron chi connectivity index (χ0n) is 16.1. The SMILES string of the molecule is O=C(Cc1ccc(SNC2CC2)cc1)N1CCN(c2ccc3nncn3n2)CC1. The fourth-order valence-corrected chi connectivity index (χ4v) is 4.20. The lowest BCUT2D eigenvalue weighted by atomic mass is 10.1. The van der Waals surface area contributed by atoms with Crippen molar-refractivity contribution in [3.63, 3.8) is 0 Å². The summed E-state index contributed by atoms with van der Waals surface area (Å²) in [6, 6.07) is 12.8. The Balaban J connectivity index is 1.13. The predicted molar refractivity (Wildman–Crippen MR) is 112 cm³/mol. The molecule has 0 spiro atoms. The number of rotatable bonds is 6. The van der Waals surface area contributed by atoms with E-state index in [0.717, 1.165) is 30.1 Å². The van der Waals surface area contributed by atoms with Gasteiger partial charge in [-0.2, -0.15) is 4.52 Å². The fourth-order valence-electron chi connectivity index (χ4n) is 3.39. The van der Waals surface area contributed by atoms with Gasteiger partial charge in [0.1, 0.15) is 12.1 Å². The number of fused-ring (bicyclic) bond motifs is 1. The van der Waals surface area contributed by atoms with Crippen molar-refractivity contribution in [2.45, 2.75) is 30.2 Å². The van der Waals surface area contributed by atoms with E-state index in [-0.39, 0.29) is 5.91 Å². The van der Waals surface area contributed by atoms with Crippen molar-refractivity contribution in [2.75, 3.05) is 31.1 Å². The first kappa shape index (κ1) is 18.4. The molecule has 1 amide bonds. The molecule has 29 heavy (non-hydrogen) atoms. The van der Waals surface area contributed by atoms with Gasteiger partial charge in [0.15, 0.2) is 5.65 Å². The first-order chi connectivity index (χ1) is 14.2. The normalized spacial score (nSPS) is 17.1. The Morgan fingerprint density at radius 1 is 1.07 bits per heavy atom. The van der Waals surface area contributed by atoms with Gasteiger partial charge in [0.25, 0.3) is 0 Å². The van der Waals surface area contributed by atoms with Crippen LogP contribution in [0.5, 0.6) is 0 Å². The van der Waals surface area contributed by atoms with Gasteiger partial charge in [0, 0.05) is 37.1 Å². The summed E-state index contributed by atoms with van der Waals surface area (Å²) in [5.41, 5.74) is 1.79. The van der Waals surface area contributed by atoms with Gasteiger partial charge in [-0.15, -0.1) is 15.3 Å². The topological polar surface area (TPSA) is 78.7 Å². The number of nitrogens with zero attached hydrogens (tertiary/aromatic N) is 6. The predicted octanol–water partition coefficient (Wildman–Crippen LogP) is 1.77. The Morgan fingerprint density at radius 3 is 2.62 bits per heavy atom. The van der Waals surface area contributed by atoms with Crippen LogP contribution in [0.1, 0.15) is 18.4 Å². The minimum Gasteiger partial charge on any atom is -0.352 e. The quantitative estimate of drug-likeness (QED) is 0.622. The lowest BCUT2D eigenvalue weighted by Gasteiger charge is -2.35. The first-order valence-electron chi connectivity index (χ1n) is 9.96. The highest BCUT2D eigenvalue weighted by Crippen LogP contribution is 2.25. The van der Waals surface area contributed by atoms with E-state index in [1.54, 1.807) is 22.8 Å². The highest BCUT2D eigenvalue weighted by atomic mass is 32.2. The van der Waals surface area contributed by atoms with Crippen molar-refractivity contribution in [1.29, 1.82) is 0 Å². The second-order valence-electron chi connectivity index (χ2n) is 7.51. The molecule has 1 aromatic carbocycles. The molecule has 1 saturated carbocycles. The molecule has 2 aromatic heterocycles. The summed E-state index contributed by atoms with van der Waals surface area (Å²) in [5.74, 6) is 1.07. The van der Waals surface area contributed by atoms with Gasteiger partial charge in [-0.3, -0.25) is 9.52 Å². The fraction of sp³-hybridized carbons (Fsp3) is 0.400. The first-order valence-corrected chi connectivity index (χ1v) is 10.8. The molecule has 3 aromatic rings. The molecule has 3 heterocycles. The molecule has 1 aliphatic heterocycles. The third-order valence-electron chi connectivity index (χ3n) is 5.30. The van der Waals surface area contributed by atoms with Crippen LogP contribution in [0.3, 0.4) is 0 Å². The van der Waals surface area contributed by atoms with Crippen LogP contribution >= 0.6 is 11.9 Å². The van der Waals surface area contributed by atoms with Gasteiger partial charge in [0.05, 0.1) is 6.42 Å². The summed E-state index contributed by atoms with van der Waals surface area (Å²) in [5, 5.41) is 12.4. The third kappa shape index (κ3) is 4.35. The van der Waals surface area contributed by atoms with E-state index >= 15 is 0 Å². The summed E-state index contributed by atoms with van der Waals surface area (Å²) >= 11 is 1.68. The molecule has 150 valence electrons. The summed E-state index contributed by atoms with van der Waals surface area (Å²) in [4.78, 5) is 18.1. The second-order valence-corrected chi connectivity index (χ2v) is 8.42. The van der Waals surface area contributed by atoms with Crippen LogP contribution in [0.4, 0.5) is 5.82 Å². The van der Waals surface area contributed by atoms with Crippen LogP contribution in [-0.4, -0.2) is 62.8 Å². The Hall–Kier alpha value is -2.65. The van der Waals surface area contributed by atoms with Gasteiger partial charge >= 0.3 is 0 Å². The van der Waals surface area contributed by atoms with Crippen LogP contribution in [0.15, 0.2) is 47.6 Å². The van der Waals surface area contributed by atoms with E-state index in [2.05, 4.69) is 49.2 Å². The van der Waals surface area contributed by atoms with E-state index in [9.17, 15) is 4.79 Å². The van der Waals surface area contributed by atoms with Crippen molar-refractivity contribution in [1.82, 2.24) is 29.4 Å². The molecule has 5 rings (SSSR count). The van der Waals surface area contributed by atoms with Crippen LogP contribution in [0.2, 0.25) is 0 Å². The second kappa shape index (κ2) is 8.00. The molecule has 0 bridgehead atoms. The molecular formula is C20H23N7OS. The van der Waals surface area contributed by atoms with Crippen LogP contribution in [-0.2, 0) is 11.2 Å². The maximum absolute atomic E-state index is 12.7. The molecule has 0 unspecified atom stereocenters. The molecule has 0 radical (unpaired) electrons. The number of aromatic nitrogens is 4. The molecule has 2 aliphatic rings. The van der Waals surface area contributed by atoms with Gasteiger partial charge < -0.3 is 9.80 Å². The van der Waals surface area contributed by atoms with Crippen LogP contribution in [0, 0.1) is 0 Å². The smallest absolute Gasteiger partial charge is 0.227 e. The monoisotopic (exact) mass is 409 g/mol. The molecule has 1 aliphatic carbocycles. The van der Waals surface area contributed by atoms with Crippen molar-refractivity contribution >= 4 is 29.3 Å². The van der Waals surface area contributed by atoms with E-state index < -0.39 is 0 Å². The zero-order valence-corrected chi connectivity index (χ0v) is 16.9. The highest BCUT2D eigenvalue weighted by Gasteiger charge is 2.23. The van der Waals surface area contributed by atoms with Crippen molar-refractivity contribution in [2.24, 2.45) is 0 Å². The van der Waals surface area contributed by atoms with Gasteiger partial charge in [0.2, 0.25) is 5.91 Å². The van der Waals surface area contributed by atoms with E-state index in [0.29, 0.717) is 25.6 Å². The van der Waals surface area contributed by atoms with Gasteiger partial charge in [-0.1, -0.05) is 12.1 Å². The van der Waals surface area contributed by atoms with E-state index in [1.807, 2.05) is 17.0 Å². The number of hydrogen-bond acceptors (Lipinski definition) is 7. The number of carbonyl (C=O) groups is 1. The number of nitrogens with one attached hydrogen (secondary N) is 1. The van der Waals surface area contributed by atoms with Crippen LogP contribution < -0.4 is 9.62 Å². The Labute approximate surface area is 173 Å². The largest absolute Gasteiger partial charge is 0.352 e. The van der Waals surface area contributed by atoms with Crippen molar-refractivity contribution < 1.29 is 4.79 Å². The van der Waals surface area contributed by atoms with E-state index in [1.165, 1.54) is 17.7 Å². The average molecular weight is 410 g/mol. The molecule has 1 saturated heterocycles. The van der Waals surface area contributed by atoms with Gasteiger partial charge in [-0.25, -0.2) is 0 Å². The van der Waals surface area contributed by atoms with E-state index in [4.69, 9.17) is 0 Å². The molecule has 1 N–H and O–H groups in total. The summed E-state index contributed by atoms with van der Waals surface area (Å²) < 4.78 is 5.11. The maximum Gasteiger partial charge on any atom is 0.227 e. The molecule has 8 nitrogen and oxygen atoms in total. The summed E-state index contributed by atoms with van der Waals surface area (Å²) in [6.45, 7) is 2.96. The summed E-state index contributed by atoms with van der Waals surface area (Å²) in [7, 11) is 0. The highest BCUT2D eigenvalue weighted by molar-refractivity contribution is 7.97. The minimum atomic E-state index is 0.184. The zero-order chi connectivity index (χ0) is 19.6. The molecule has 2 fully saturated rings. The lowest BCUT2D eigenvalue weighted by Crippen LogP contribution is -2.49. The molecular weight excluding hydrogens is 386 g/mol. The van der Waals surface area contributed by atoms with Gasteiger partial charge in [-0.05, 0) is 54.6 Å². The number of carbonyl (C=O) groups excluding carboxylic acids is 1. The van der Waals surface area contributed by atoms with Crippen molar-refractivity contribution in [3.8, 4) is 0 Å². The number of anilines is 1. The lowest BCUT2D eigenvalue weighted by molar-refractivity contribution is -0.130. The Kier molecular flexibility index (Phi) is 5.07. The number of amides is 1. The molecule has 9 heteroatoms. The van der Waals surface area contributed by atoms with Crippen LogP contribution in [0.25, 0.3) is 5.65 Å². The number of piperazine rings is 1. The number of hydrogen-bond donors (Lipinski definition) is 1. The van der Waals surface area contributed by atoms with Crippen molar-refractivity contribution in [3.05, 3.63) is 48.3 Å². The summed E-state index contributed by atoms with van der Waals surface area (Å²) in [6.07, 6.45) is 4.60. The molecule has 0 atom stereocenters. The Bertz CT molecular complexity index is 993.